The first-order valence-electron chi connectivity index (χ1n) is 11.7. The molecule has 4 aromatic rings. The molecule has 0 saturated carbocycles. The summed E-state index contributed by atoms with van der Waals surface area (Å²) in [5.41, 5.74) is 1.85. The molecule has 5 rings (SSSR count). The van der Waals surface area contributed by atoms with Crippen LogP contribution in [0.3, 0.4) is 0 Å². The zero-order chi connectivity index (χ0) is 26.0. The molecule has 1 aliphatic rings. The van der Waals surface area contributed by atoms with Gasteiger partial charge in [-0.1, -0.05) is 48.5 Å². The molecule has 0 aliphatic carbocycles. The molecule has 1 aromatic heterocycles. The van der Waals surface area contributed by atoms with Crippen LogP contribution >= 0.6 is 0 Å². The number of pyridine rings is 1. The lowest BCUT2D eigenvalue weighted by Crippen LogP contribution is -2.30. The summed E-state index contributed by atoms with van der Waals surface area (Å²) in [7, 11) is 0. The van der Waals surface area contributed by atoms with Crippen LogP contribution in [0.5, 0.6) is 0 Å². The largest absolute Gasteiger partial charge is 0.417 e. The summed E-state index contributed by atoms with van der Waals surface area (Å²) < 4.78 is 41.6. The first-order chi connectivity index (χ1) is 17.8. The molecule has 0 unspecified atom stereocenters. The van der Waals surface area contributed by atoms with Crippen LogP contribution in [0.2, 0.25) is 0 Å². The molecular formula is C29H22F3N3O2. The Morgan fingerprint density at radius 3 is 2.43 bits per heavy atom. The Kier molecular flexibility index (Phi) is 6.48. The molecule has 2 amide bonds. The number of anilines is 2. The monoisotopic (exact) mass is 501 g/mol. The number of halogens is 3. The maximum atomic E-state index is 13.9. The molecule has 0 atom stereocenters. The van der Waals surface area contributed by atoms with Crippen molar-refractivity contribution in [2.45, 2.75) is 19.0 Å². The first kappa shape index (κ1) is 24.2. The number of hydrogen-bond acceptors (Lipinski definition) is 3. The van der Waals surface area contributed by atoms with Crippen LogP contribution in [-0.4, -0.2) is 23.3 Å². The van der Waals surface area contributed by atoms with Gasteiger partial charge < -0.3 is 10.2 Å². The van der Waals surface area contributed by atoms with Crippen molar-refractivity contribution in [3.8, 4) is 11.1 Å². The highest BCUT2D eigenvalue weighted by Crippen LogP contribution is 2.38. The van der Waals surface area contributed by atoms with Crippen LogP contribution in [0.15, 0.2) is 91.1 Å². The summed E-state index contributed by atoms with van der Waals surface area (Å²) in [6.07, 6.45) is -2.34. The Labute approximate surface area is 211 Å². The quantitative estimate of drug-likeness (QED) is 0.357. The summed E-state index contributed by atoms with van der Waals surface area (Å²) in [6.45, 7) is 0.480. The van der Waals surface area contributed by atoms with E-state index in [-0.39, 0.29) is 17.9 Å². The van der Waals surface area contributed by atoms with Gasteiger partial charge in [0.15, 0.2) is 0 Å². The van der Waals surface area contributed by atoms with Crippen LogP contribution < -0.4 is 10.2 Å². The number of carbonyl (C=O) groups is 2. The predicted molar refractivity (Wildman–Crippen MR) is 135 cm³/mol. The van der Waals surface area contributed by atoms with E-state index in [0.29, 0.717) is 29.9 Å². The molecule has 3 aromatic carbocycles. The van der Waals surface area contributed by atoms with E-state index < -0.39 is 23.2 Å². The maximum absolute atomic E-state index is 13.9. The van der Waals surface area contributed by atoms with Gasteiger partial charge in [0.1, 0.15) is 0 Å². The average Bonchev–Trinajstić information content (AvgIpc) is 3.32. The van der Waals surface area contributed by atoms with Gasteiger partial charge in [-0.05, 0) is 59.5 Å². The molecule has 0 fully saturated rings. The number of aromatic nitrogens is 1. The molecule has 1 N–H and O–H groups in total. The fourth-order valence-electron chi connectivity index (χ4n) is 4.58. The first-order valence-corrected chi connectivity index (χ1v) is 11.7. The maximum Gasteiger partial charge on any atom is 0.417 e. The number of benzene rings is 3. The van der Waals surface area contributed by atoms with Gasteiger partial charge in [-0.3, -0.25) is 14.6 Å². The van der Waals surface area contributed by atoms with E-state index in [9.17, 15) is 22.8 Å². The zero-order valence-corrected chi connectivity index (χ0v) is 19.6. The van der Waals surface area contributed by atoms with Gasteiger partial charge in [0.25, 0.3) is 5.91 Å². The van der Waals surface area contributed by atoms with Crippen molar-refractivity contribution in [3.63, 3.8) is 0 Å². The summed E-state index contributed by atoms with van der Waals surface area (Å²) in [5, 5.41) is 2.64. The lowest BCUT2D eigenvalue weighted by atomic mass is 9.94. The van der Waals surface area contributed by atoms with E-state index in [1.165, 1.54) is 12.1 Å². The van der Waals surface area contributed by atoms with E-state index in [0.717, 1.165) is 17.3 Å². The number of carbonyl (C=O) groups excluding carboxylic acids is 2. The van der Waals surface area contributed by atoms with Gasteiger partial charge >= 0.3 is 6.18 Å². The van der Waals surface area contributed by atoms with Crippen molar-refractivity contribution in [1.29, 1.82) is 0 Å². The van der Waals surface area contributed by atoms with Gasteiger partial charge in [0.05, 0.1) is 17.5 Å². The minimum absolute atomic E-state index is 0.0964. The van der Waals surface area contributed by atoms with Gasteiger partial charge in [-0.25, -0.2) is 0 Å². The fourth-order valence-corrected chi connectivity index (χ4v) is 4.58. The average molecular weight is 502 g/mol. The molecule has 0 saturated heterocycles. The summed E-state index contributed by atoms with van der Waals surface area (Å²) in [6, 6.07) is 22.6. The Morgan fingerprint density at radius 2 is 1.70 bits per heavy atom. The van der Waals surface area contributed by atoms with Crippen LogP contribution in [0.25, 0.3) is 11.1 Å². The molecule has 0 radical (unpaired) electrons. The Balaban J connectivity index is 1.41. The highest BCUT2D eigenvalue weighted by Gasteiger charge is 2.36. The standard InChI is InChI=1S/C29H22F3N3O2/c30-29(31,32)24-11-6-10-23(19-7-2-1-3-8-19)27(24)28(37)34-22-12-13-25-20(17-22)14-16-35(25)26(36)18-21-9-4-5-15-33-21/h1-13,15,17H,14,16,18H2,(H,34,37). The van der Waals surface area contributed by atoms with E-state index >= 15 is 0 Å². The highest BCUT2D eigenvalue weighted by molar-refractivity contribution is 6.10. The topological polar surface area (TPSA) is 62.3 Å². The highest BCUT2D eigenvalue weighted by atomic mass is 19.4. The number of nitrogens with one attached hydrogen (secondary N) is 1. The lowest BCUT2D eigenvalue weighted by molar-refractivity contribution is -0.137. The Morgan fingerprint density at radius 1 is 0.919 bits per heavy atom. The van der Waals surface area contributed by atoms with Crippen molar-refractivity contribution in [1.82, 2.24) is 4.98 Å². The second kappa shape index (κ2) is 9.89. The Bertz CT molecular complexity index is 1450. The van der Waals surface area contributed by atoms with Crippen molar-refractivity contribution in [3.05, 3.63) is 114 Å². The van der Waals surface area contributed by atoms with Gasteiger partial charge in [0.2, 0.25) is 5.91 Å². The minimum Gasteiger partial charge on any atom is -0.322 e. The third-order valence-electron chi connectivity index (χ3n) is 6.27. The third kappa shape index (κ3) is 5.09. The van der Waals surface area contributed by atoms with Crippen LogP contribution in [0.1, 0.15) is 27.2 Å². The van der Waals surface area contributed by atoms with Crippen molar-refractivity contribution in [2.24, 2.45) is 0 Å². The van der Waals surface area contributed by atoms with Crippen molar-refractivity contribution >= 4 is 23.2 Å². The Hall–Kier alpha value is -4.46. The van der Waals surface area contributed by atoms with Gasteiger partial charge in [-0.15, -0.1) is 0 Å². The minimum atomic E-state index is -4.70. The molecule has 2 heterocycles. The molecular weight excluding hydrogens is 479 g/mol. The second-order valence-corrected chi connectivity index (χ2v) is 8.68. The van der Waals surface area contributed by atoms with E-state index in [1.54, 1.807) is 71.8 Å². The predicted octanol–water partition coefficient (Wildman–Crippen LogP) is 6.15. The molecule has 37 heavy (non-hydrogen) atoms. The number of rotatable bonds is 5. The number of fused-ring (bicyclic) bond motifs is 1. The number of hydrogen-bond donors (Lipinski definition) is 1. The van der Waals surface area contributed by atoms with Crippen molar-refractivity contribution < 1.29 is 22.8 Å². The van der Waals surface area contributed by atoms with Gasteiger partial charge in [-0.2, -0.15) is 13.2 Å². The zero-order valence-electron chi connectivity index (χ0n) is 19.6. The van der Waals surface area contributed by atoms with Gasteiger partial charge in [0, 0.05) is 29.8 Å². The third-order valence-corrected chi connectivity index (χ3v) is 6.27. The molecule has 186 valence electrons. The molecule has 0 bridgehead atoms. The molecule has 0 spiro atoms. The molecule has 5 nitrogen and oxygen atoms in total. The summed E-state index contributed by atoms with van der Waals surface area (Å²) in [5.74, 6) is -0.950. The van der Waals surface area contributed by atoms with Crippen LogP contribution in [0.4, 0.5) is 24.5 Å². The summed E-state index contributed by atoms with van der Waals surface area (Å²) in [4.78, 5) is 32.0. The number of amides is 2. The van der Waals surface area contributed by atoms with Crippen LogP contribution in [0, 0.1) is 0 Å². The summed E-state index contributed by atoms with van der Waals surface area (Å²) >= 11 is 0. The molecule has 8 heteroatoms. The number of alkyl halides is 3. The number of nitrogens with zero attached hydrogens (tertiary/aromatic N) is 2. The smallest absolute Gasteiger partial charge is 0.322 e. The van der Waals surface area contributed by atoms with E-state index in [4.69, 9.17) is 0 Å². The van der Waals surface area contributed by atoms with Crippen molar-refractivity contribution in [2.75, 3.05) is 16.8 Å². The lowest BCUT2D eigenvalue weighted by Gasteiger charge is -2.19. The fraction of sp³-hybridized carbons (Fsp3) is 0.138. The normalized spacial score (nSPS) is 12.8. The van der Waals surface area contributed by atoms with Crippen LogP contribution in [-0.2, 0) is 23.8 Å². The van der Waals surface area contributed by atoms with E-state index in [2.05, 4.69) is 10.3 Å². The molecule has 1 aliphatic heterocycles. The SMILES string of the molecule is O=C(Nc1ccc2c(c1)CCN2C(=O)Cc1ccccn1)c1c(-c2ccccc2)cccc1C(F)(F)F. The second-order valence-electron chi connectivity index (χ2n) is 8.68. The van der Waals surface area contributed by atoms with E-state index in [1.807, 2.05) is 6.07 Å².